The number of nitrogens with one attached hydrogen (secondary N) is 1. The van der Waals surface area contributed by atoms with Gasteiger partial charge in [0, 0.05) is 12.1 Å². The summed E-state index contributed by atoms with van der Waals surface area (Å²) in [5, 5.41) is 13.2. The Labute approximate surface area is 149 Å². The number of amides is 1. The molecule has 0 bridgehead atoms. The molecular formula is C16H16FN3O5S. The molecule has 10 heteroatoms. The molecule has 0 atom stereocenters. The zero-order valence-electron chi connectivity index (χ0n) is 14.0. The van der Waals surface area contributed by atoms with E-state index < -0.39 is 33.2 Å². The van der Waals surface area contributed by atoms with Crippen LogP contribution in [0, 0.1) is 22.9 Å². The summed E-state index contributed by atoms with van der Waals surface area (Å²) in [7, 11) is -3.92. The van der Waals surface area contributed by atoms with Crippen LogP contribution in [0.1, 0.15) is 5.56 Å². The first-order valence-corrected chi connectivity index (χ1v) is 9.21. The Balaban J connectivity index is 2.35. The lowest BCUT2D eigenvalue weighted by molar-refractivity contribution is -0.384. The summed E-state index contributed by atoms with van der Waals surface area (Å²) in [5.74, 6) is -1.45. The molecule has 0 saturated carbocycles. The first kappa shape index (κ1) is 19.3. The van der Waals surface area contributed by atoms with Gasteiger partial charge in [-0.05, 0) is 24.6 Å². The normalized spacial score (nSPS) is 11.0. The van der Waals surface area contributed by atoms with Gasteiger partial charge < -0.3 is 5.32 Å². The number of carbonyl (C=O) groups is 1. The Morgan fingerprint density at radius 2 is 1.92 bits per heavy atom. The van der Waals surface area contributed by atoms with Crippen molar-refractivity contribution in [3.05, 3.63) is 64.0 Å². The second kappa shape index (κ2) is 7.48. The van der Waals surface area contributed by atoms with E-state index in [9.17, 15) is 27.7 Å². The lowest BCUT2D eigenvalue weighted by atomic mass is 10.2. The van der Waals surface area contributed by atoms with Gasteiger partial charge in [-0.3, -0.25) is 19.2 Å². The number of hydrogen-bond acceptors (Lipinski definition) is 5. The van der Waals surface area contributed by atoms with E-state index in [1.165, 1.54) is 30.3 Å². The van der Waals surface area contributed by atoms with Crippen LogP contribution in [0.15, 0.2) is 42.5 Å². The van der Waals surface area contributed by atoms with E-state index in [4.69, 9.17) is 0 Å². The van der Waals surface area contributed by atoms with Crippen molar-refractivity contribution in [2.24, 2.45) is 0 Å². The molecule has 1 amide bonds. The van der Waals surface area contributed by atoms with Gasteiger partial charge in [0.15, 0.2) is 0 Å². The number of nitro benzene ring substituents is 1. The largest absolute Gasteiger partial charge is 0.322 e. The van der Waals surface area contributed by atoms with Gasteiger partial charge in [-0.1, -0.05) is 18.2 Å². The number of para-hydroxylation sites is 1. The minimum absolute atomic E-state index is 0.00498. The number of anilines is 2. The standard InChI is InChI=1S/C16H16FN3O5S/c1-11-7-8-12(20(22)23)9-15(11)19(26(2,24)25)10-16(21)18-14-6-4-3-5-13(14)17/h3-9H,10H2,1-2H3,(H,18,21). The number of rotatable bonds is 6. The van der Waals surface area contributed by atoms with Crippen LogP contribution in [-0.2, 0) is 14.8 Å². The second-order valence-corrected chi connectivity index (χ2v) is 7.43. The lowest BCUT2D eigenvalue weighted by Crippen LogP contribution is -2.38. The molecule has 0 aliphatic rings. The summed E-state index contributed by atoms with van der Waals surface area (Å²) >= 11 is 0. The topological polar surface area (TPSA) is 110 Å². The maximum absolute atomic E-state index is 13.6. The first-order valence-electron chi connectivity index (χ1n) is 7.36. The number of non-ortho nitro benzene ring substituents is 1. The Hall–Kier alpha value is -3.01. The maximum atomic E-state index is 13.6. The van der Waals surface area contributed by atoms with Crippen molar-refractivity contribution < 1.29 is 22.5 Å². The van der Waals surface area contributed by atoms with Crippen molar-refractivity contribution in [2.45, 2.75) is 6.92 Å². The fourth-order valence-corrected chi connectivity index (χ4v) is 3.15. The highest BCUT2D eigenvalue weighted by Crippen LogP contribution is 2.27. The minimum Gasteiger partial charge on any atom is -0.322 e. The highest BCUT2D eigenvalue weighted by molar-refractivity contribution is 7.92. The van der Waals surface area contributed by atoms with Crippen LogP contribution in [0.2, 0.25) is 0 Å². The van der Waals surface area contributed by atoms with Crippen molar-refractivity contribution in [3.8, 4) is 0 Å². The average Bonchev–Trinajstić information content (AvgIpc) is 2.54. The third kappa shape index (κ3) is 4.54. The van der Waals surface area contributed by atoms with Crippen molar-refractivity contribution in [1.29, 1.82) is 0 Å². The Kier molecular flexibility index (Phi) is 5.56. The van der Waals surface area contributed by atoms with Gasteiger partial charge in [-0.2, -0.15) is 0 Å². The molecule has 2 rings (SSSR count). The number of aryl methyl sites for hydroxylation is 1. The smallest absolute Gasteiger partial charge is 0.271 e. The molecule has 0 saturated heterocycles. The number of sulfonamides is 1. The molecule has 138 valence electrons. The van der Waals surface area contributed by atoms with E-state index in [-0.39, 0.29) is 17.1 Å². The van der Waals surface area contributed by atoms with E-state index in [2.05, 4.69) is 5.32 Å². The van der Waals surface area contributed by atoms with Crippen LogP contribution in [0.3, 0.4) is 0 Å². The van der Waals surface area contributed by atoms with Crippen LogP contribution < -0.4 is 9.62 Å². The molecule has 2 aromatic carbocycles. The molecule has 0 radical (unpaired) electrons. The number of hydrogen-bond donors (Lipinski definition) is 1. The number of carbonyl (C=O) groups excluding carboxylic acids is 1. The summed E-state index contributed by atoms with van der Waals surface area (Å²) in [6, 6.07) is 9.13. The Morgan fingerprint density at radius 1 is 1.27 bits per heavy atom. The molecular weight excluding hydrogens is 365 g/mol. The summed E-state index contributed by atoms with van der Waals surface area (Å²) in [5.41, 5.74) is 0.0283. The molecule has 0 aliphatic carbocycles. The van der Waals surface area contributed by atoms with Gasteiger partial charge >= 0.3 is 0 Å². The molecule has 0 fully saturated rings. The second-order valence-electron chi connectivity index (χ2n) is 5.53. The molecule has 0 unspecified atom stereocenters. The molecule has 8 nitrogen and oxygen atoms in total. The van der Waals surface area contributed by atoms with E-state index in [1.54, 1.807) is 6.92 Å². The summed E-state index contributed by atoms with van der Waals surface area (Å²) in [6.45, 7) is 0.904. The molecule has 0 spiro atoms. The predicted octanol–water partition coefficient (Wildman–Crippen LogP) is 2.45. The summed E-state index contributed by atoms with van der Waals surface area (Å²) in [6.07, 6.45) is 0.877. The molecule has 1 N–H and O–H groups in total. The zero-order valence-corrected chi connectivity index (χ0v) is 14.8. The van der Waals surface area contributed by atoms with Crippen LogP contribution in [0.4, 0.5) is 21.5 Å². The van der Waals surface area contributed by atoms with E-state index >= 15 is 0 Å². The van der Waals surface area contributed by atoms with Crippen molar-refractivity contribution >= 4 is 33.0 Å². The van der Waals surface area contributed by atoms with Crippen molar-refractivity contribution in [2.75, 3.05) is 22.4 Å². The lowest BCUT2D eigenvalue weighted by Gasteiger charge is -2.23. The van der Waals surface area contributed by atoms with Crippen molar-refractivity contribution in [3.63, 3.8) is 0 Å². The molecule has 26 heavy (non-hydrogen) atoms. The molecule has 2 aromatic rings. The van der Waals surface area contributed by atoms with Crippen LogP contribution >= 0.6 is 0 Å². The monoisotopic (exact) mass is 381 g/mol. The fraction of sp³-hybridized carbons (Fsp3) is 0.188. The van der Waals surface area contributed by atoms with Gasteiger partial charge in [0.05, 0.1) is 22.6 Å². The van der Waals surface area contributed by atoms with Gasteiger partial charge in [0.2, 0.25) is 15.9 Å². The van der Waals surface area contributed by atoms with Crippen molar-refractivity contribution in [1.82, 2.24) is 0 Å². The number of nitrogens with zero attached hydrogens (tertiary/aromatic N) is 2. The Bertz CT molecular complexity index is 962. The Morgan fingerprint density at radius 3 is 2.50 bits per heavy atom. The number of nitro groups is 1. The van der Waals surface area contributed by atoms with Crippen LogP contribution in [-0.4, -0.2) is 32.0 Å². The fourth-order valence-electron chi connectivity index (χ4n) is 2.24. The van der Waals surface area contributed by atoms with Gasteiger partial charge in [0.25, 0.3) is 5.69 Å². The van der Waals surface area contributed by atoms with Gasteiger partial charge in [-0.15, -0.1) is 0 Å². The van der Waals surface area contributed by atoms with Crippen LogP contribution in [0.25, 0.3) is 0 Å². The highest BCUT2D eigenvalue weighted by Gasteiger charge is 2.24. The number of benzene rings is 2. The highest BCUT2D eigenvalue weighted by atomic mass is 32.2. The average molecular weight is 381 g/mol. The third-order valence-corrected chi connectivity index (χ3v) is 4.63. The van der Waals surface area contributed by atoms with E-state index in [1.807, 2.05) is 0 Å². The van der Waals surface area contributed by atoms with Crippen LogP contribution in [0.5, 0.6) is 0 Å². The third-order valence-electron chi connectivity index (χ3n) is 3.51. The molecule has 0 heterocycles. The SMILES string of the molecule is Cc1ccc([N+](=O)[O-])cc1N(CC(=O)Nc1ccccc1F)S(C)(=O)=O. The van der Waals surface area contributed by atoms with E-state index in [0.717, 1.165) is 22.7 Å². The maximum Gasteiger partial charge on any atom is 0.271 e. The number of halogens is 1. The minimum atomic E-state index is -3.92. The molecule has 0 aliphatic heterocycles. The molecule has 0 aromatic heterocycles. The first-order chi connectivity index (χ1) is 12.1. The van der Waals surface area contributed by atoms with Gasteiger partial charge in [0.1, 0.15) is 12.4 Å². The quantitative estimate of drug-likeness (QED) is 0.610. The van der Waals surface area contributed by atoms with E-state index in [0.29, 0.717) is 5.56 Å². The predicted molar refractivity (Wildman–Crippen MR) is 95.1 cm³/mol. The van der Waals surface area contributed by atoms with Gasteiger partial charge in [-0.25, -0.2) is 12.8 Å². The summed E-state index contributed by atoms with van der Waals surface area (Å²) < 4.78 is 38.6. The zero-order chi connectivity index (χ0) is 19.5. The summed E-state index contributed by atoms with van der Waals surface area (Å²) in [4.78, 5) is 22.5.